The molecule has 1 N–H and O–H groups in total. The van der Waals surface area contributed by atoms with Gasteiger partial charge in [0.05, 0.1) is 0 Å². The van der Waals surface area contributed by atoms with E-state index in [1.54, 1.807) is 5.54 Å². The van der Waals surface area contributed by atoms with Gasteiger partial charge in [-0.05, 0) is 25.2 Å². The fourth-order valence-corrected chi connectivity index (χ4v) is 2.53. The van der Waals surface area contributed by atoms with Crippen molar-refractivity contribution in [2.45, 2.75) is 51.5 Å². The molecule has 1 fully saturated rings. The molecule has 1 atom stereocenters. The van der Waals surface area contributed by atoms with Gasteiger partial charge in [-0.2, -0.15) is 0 Å². The van der Waals surface area contributed by atoms with E-state index < -0.39 is 0 Å². The summed E-state index contributed by atoms with van der Waals surface area (Å²) in [6, 6.07) is 0.697. The van der Waals surface area contributed by atoms with Crippen LogP contribution in [0.5, 0.6) is 0 Å². The fourth-order valence-electron chi connectivity index (χ4n) is 2.44. The maximum atomic E-state index is 5.49. The molecule has 82 valence electrons. The fraction of sp³-hybridized carbons (Fsp3) is 0.833. The Morgan fingerprint density at radius 1 is 1.36 bits per heavy atom. The monoisotopic (exact) mass is 215 g/mol. The van der Waals surface area contributed by atoms with Crippen molar-refractivity contribution in [1.29, 1.82) is 0 Å². The Morgan fingerprint density at radius 3 is 2.64 bits per heavy atom. The molecule has 0 aromatic carbocycles. The van der Waals surface area contributed by atoms with Crippen LogP contribution < -0.4 is 5.32 Å². The Balaban J connectivity index is 2.27. The maximum absolute atomic E-state index is 5.49. The number of rotatable bonds is 5. The largest absolute Gasteiger partial charge is 0.310 e. The molecule has 0 aromatic heterocycles. The van der Waals surface area contributed by atoms with Crippen LogP contribution in [0.3, 0.4) is 0 Å². The van der Waals surface area contributed by atoms with E-state index in [4.69, 9.17) is 11.6 Å². The van der Waals surface area contributed by atoms with Gasteiger partial charge < -0.3 is 5.32 Å². The summed E-state index contributed by atoms with van der Waals surface area (Å²) in [5.41, 5.74) is 1.60. The molecule has 1 unspecified atom stereocenters. The Morgan fingerprint density at radius 2 is 2.07 bits per heavy atom. The Hall–Kier alpha value is -0.0100. The zero-order chi connectivity index (χ0) is 10.2. The van der Waals surface area contributed by atoms with Crippen molar-refractivity contribution in [3.05, 3.63) is 11.6 Å². The molecule has 1 aliphatic carbocycles. The lowest BCUT2D eigenvalue weighted by Gasteiger charge is -2.30. The molecule has 0 bridgehead atoms. The Labute approximate surface area is 92.9 Å². The minimum Gasteiger partial charge on any atom is -0.310 e. The van der Waals surface area contributed by atoms with Crippen molar-refractivity contribution >= 4 is 11.6 Å². The molecule has 1 rings (SSSR count). The van der Waals surface area contributed by atoms with E-state index in [0.717, 1.165) is 12.5 Å². The van der Waals surface area contributed by atoms with E-state index in [1.807, 2.05) is 6.08 Å². The van der Waals surface area contributed by atoms with Crippen molar-refractivity contribution in [1.82, 2.24) is 5.32 Å². The van der Waals surface area contributed by atoms with Crippen LogP contribution in [0.15, 0.2) is 11.6 Å². The van der Waals surface area contributed by atoms with E-state index in [-0.39, 0.29) is 0 Å². The SMILES string of the molecule is CCC(NC/C=C/Cl)C1CCCCC1. The summed E-state index contributed by atoms with van der Waals surface area (Å²) in [4.78, 5) is 0. The zero-order valence-corrected chi connectivity index (χ0v) is 9.89. The van der Waals surface area contributed by atoms with Crippen molar-refractivity contribution in [3.63, 3.8) is 0 Å². The quantitative estimate of drug-likeness (QED) is 0.738. The van der Waals surface area contributed by atoms with Crippen molar-refractivity contribution in [2.24, 2.45) is 5.92 Å². The van der Waals surface area contributed by atoms with Crippen LogP contribution in [0.25, 0.3) is 0 Å². The smallest absolute Gasteiger partial charge is 0.0149 e. The number of hydrogen-bond donors (Lipinski definition) is 1. The van der Waals surface area contributed by atoms with Crippen molar-refractivity contribution < 1.29 is 0 Å². The molecule has 1 nitrogen and oxygen atoms in total. The maximum Gasteiger partial charge on any atom is 0.0149 e. The summed E-state index contributed by atoms with van der Waals surface area (Å²) < 4.78 is 0. The molecule has 2 heteroatoms. The first-order chi connectivity index (χ1) is 6.88. The molecule has 0 amide bonds. The molecule has 1 aliphatic rings. The molecular formula is C12H22ClN. The van der Waals surface area contributed by atoms with E-state index >= 15 is 0 Å². The number of halogens is 1. The van der Waals surface area contributed by atoms with Gasteiger partial charge in [-0.25, -0.2) is 0 Å². The van der Waals surface area contributed by atoms with Gasteiger partial charge in [0.15, 0.2) is 0 Å². The molecule has 0 saturated heterocycles. The highest BCUT2D eigenvalue weighted by Crippen LogP contribution is 2.27. The molecule has 0 aliphatic heterocycles. The van der Waals surface area contributed by atoms with Crippen LogP contribution in [0, 0.1) is 5.92 Å². The van der Waals surface area contributed by atoms with Crippen LogP contribution >= 0.6 is 11.6 Å². The van der Waals surface area contributed by atoms with Crippen LogP contribution in [-0.4, -0.2) is 12.6 Å². The van der Waals surface area contributed by atoms with Gasteiger partial charge in [0.25, 0.3) is 0 Å². The highest BCUT2D eigenvalue weighted by molar-refractivity contribution is 6.25. The first kappa shape index (κ1) is 12.1. The van der Waals surface area contributed by atoms with Gasteiger partial charge in [-0.3, -0.25) is 0 Å². The second-order valence-corrected chi connectivity index (χ2v) is 4.43. The van der Waals surface area contributed by atoms with Gasteiger partial charge in [0, 0.05) is 18.1 Å². The summed E-state index contributed by atoms with van der Waals surface area (Å²) in [6.45, 7) is 3.19. The molecule has 0 spiro atoms. The van der Waals surface area contributed by atoms with E-state index in [2.05, 4.69) is 12.2 Å². The minimum atomic E-state index is 0.697. The average Bonchev–Trinajstić information content (AvgIpc) is 2.26. The summed E-state index contributed by atoms with van der Waals surface area (Å²) >= 11 is 5.49. The van der Waals surface area contributed by atoms with Crippen LogP contribution in [0.2, 0.25) is 0 Å². The molecule has 0 aromatic rings. The lowest BCUT2D eigenvalue weighted by atomic mass is 9.83. The third kappa shape index (κ3) is 4.02. The highest BCUT2D eigenvalue weighted by atomic mass is 35.5. The van der Waals surface area contributed by atoms with Gasteiger partial charge in [0.1, 0.15) is 0 Å². The number of hydrogen-bond acceptors (Lipinski definition) is 1. The standard InChI is InChI=1S/C12H22ClN/c1-2-12(14-10-6-9-13)11-7-4-3-5-8-11/h6,9,11-12,14H,2-5,7-8,10H2,1H3/b9-6+. The van der Waals surface area contributed by atoms with E-state index in [9.17, 15) is 0 Å². The molecule has 0 radical (unpaired) electrons. The predicted molar refractivity (Wildman–Crippen MR) is 63.6 cm³/mol. The average molecular weight is 216 g/mol. The third-order valence-corrected chi connectivity index (χ3v) is 3.42. The summed E-state index contributed by atoms with van der Waals surface area (Å²) in [5, 5.41) is 3.57. The molecule has 1 saturated carbocycles. The zero-order valence-electron chi connectivity index (χ0n) is 9.14. The third-order valence-electron chi connectivity index (χ3n) is 3.25. The van der Waals surface area contributed by atoms with Gasteiger partial charge in [-0.15, -0.1) is 0 Å². The second kappa shape index (κ2) is 7.30. The molecular weight excluding hydrogens is 194 g/mol. The van der Waals surface area contributed by atoms with E-state index in [1.165, 1.54) is 38.5 Å². The summed E-state index contributed by atoms with van der Waals surface area (Å²) in [6.07, 6.45) is 10.3. The first-order valence-electron chi connectivity index (χ1n) is 5.87. The van der Waals surface area contributed by atoms with Crippen molar-refractivity contribution in [3.8, 4) is 0 Å². The topological polar surface area (TPSA) is 12.0 Å². The minimum absolute atomic E-state index is 0.697. The Kier molecular flexibility index (Phi) is 6.29. The van der Waals surface area contributed by atoms with Crippen LogP contribution in [-0.2, 0) is 0 Å². The number of nitrogens with one attached hydrogen (secondary N) is 1. The first-order valence-corrected chi connectivity index (χ1v) is 6.30. The van der Waals surface area contributed by atoms with E-state index in [0.29, 0.717) is 6.04 Å². The van der Waals surface area contributed by atoms with Crippen molar-refractivity contribution in [2.75, 3.05) is 6.54 Å². The highest BCUT2D eigenvalue weighted by Gasteiger charge is 2.20. The van der Waals surface area contributed by atoms with Crippen LogP contribution in [0.4, 0.5) is 0 Å². The lowest BCUT2D eigenvalue weighted by molar-refractivity contribution is 0.268. The summed E-state index contributed by atoms with van der Waals surface area (Å²) in [7, 11) is 0. The van der Waals surface area contributed by atoms with Gasteiger partial charge >= 0.3 is 0 Å². The summed E-state index contributed by atoms with van der Waals surface area (Å²) in [5.74, 6) is 0.900. The molecule has 14 heavy (non-hydrogen) atoms. The van der Waals surface area contributed by atoms with Gasteiger partial charge in [0.2, 0.25) is 0 Å². The normalized spacial score (nSPS) is 21.6. The van der Waals surface area contributed by atoms with Crippen LogP contribution in [0.1, 0.15) is 45.4 Å². The van der Waals surface area contributed by atoms with Gasteiger partial charge in [-0.1, -0.05) is 43.9 Å². The second-order valence-electron chi connectivity index (χ2n) is 4.18. The molecule has 0 heterocycles. The lowest BCUT2D eigenvalue weighted by Crippen LogP contribution is -2.36. The Bertz CT molecular complexity index is 162. The predicted octanol–water partition coefficient (Wildman–Crippen LogP) is 3.69.